The van der Waals surface area contributed by atoms with E-state index in [0.717, 1.165) is 12.8 Å². The first kappa shape index (κ1) is 8.76. The van der Waals surface area contributed by atoms with E-state index in [9.17, 15) is 4.79 Å². The first-order valence-electron chi connectivity index (χ1n) is 4.54. The van der Waals surface area contributed by atoms with Crippen molar-refractivity contribution in [3.63, 3.8) is 0 Å². The first-order valence-corrected chi connectivity index (χ1v) is 4.54. The highest BCUT2D eigenvalue weighted by molar-refractivity contribution is 5.81. The van der Waals surface area contributed by atoms with Gasteiger partial charge in [0.05, 0.1) is 0 Å². The highest BCUT2D eigenvalue weighted by Gasteiger charge is 2.27. The van der Waals surface area contributed by atoms with E-state index in [1.54, 1.807) is 0 Å². The molecule has 0 saturated heterocycles. The molecule has 1 aliphatic rings. The number of hydrogen-bond donors (Lipinski definition) is 0. The fourth-order valence-corrected chi connectivity index (χ4v) is 1.78. The Balaban J connectivity index is 2.63. The minimum atomic E-state index is 0.266. The quantitative estimate of drug-likeness (QED) is 0.490. The molecular weight excluding hydrogens is 136 g/mol. The van der Waals surface area contributed by atoms with E-state index >= 15 is 0 Å². The summed E-state index contributed by atoms with van der Waals surface area (Å²) in [7, 11) is 0. The maximum Gasteiger partial charge on any atom is 0.136 e. The third-order valence-corrected chi connectivity index (χ3v) is 2.69. The Hall–Kier alpha value is -0.330. The number of ketones is 1. The van der Waals surface area contributed by atoms with Crippen LogP contribution < -0.4 is 0 Å². The van der Waals surface area contributed by atoms with Crippen LogP contribution in [0.3, 0.4) is 0 Å². The SMILES string of the molecule is C[C@@H]1CCCC(C)(C)CC1=O. The van der Waals surface area contributed by atoms with Gasteiger partial charge in [0, 0.05) is 12.3 Å². The molecule has 1 saturated carbocycles. The Morgan fingerprint density at radius 3 is 2.73 bits per heavy atom. The van der Waals surface area contributed by atoms with Crippen molar-refractivity contribution in [3.8, 4) is 0 Å². The van der Waals surface area contributed by atoms with Crippen LogP contribution in [0.5, 0.6) is 0 Å². The molecule has 0 aromatic heterocycles. The molecule has 0 N–H and O–H groups in total. The van der Waals surface area contributed by atoms with Gasteiger partial charge in [-0.05, 0) is 18.3 Å². The standard InChI is InChI=1S/C10H18O/c1-8-5-4-6-10(2,3)7-9(8)11/h8H,4-7H2,1-3H3/t8-/m1/s1. The summed E-state index contributed by atoms with van der Waals surface area (Å²) in [6.07, 6.45) is 4.32. The lowest BCUT2D eigenvalue weighted by atomic mass is 9.84. The fraction of sp³-hybridized carbons (Fsp3) is 0.900. The lowest BCUT2D eigenvalue weighted by Crippen LogP contribution is -2.17. The van der Waals surface area contributed by atoms with Crippen LogP contribution in [0.2, 0.25) is 0 Å². The molecule has 64 valence electrons. The molecule has 1 atom stereocenters. The third-order valence-electron chi connectivity index (χ3n) is 2.69. The van der Waals surface area contributed by atoms with E-state index in [1.165, 1.54) is 12.8 Å². The summed E-state index contributed by atoms with van der Waals surface area (Å²) in [5.74, 6) is 0.782. The van der Waals surface area contributed by atoms with Crippen molar-refractivity contribution in [1.82, 2.24) is 0 Å². The predicted octanol–water partition coefficient (Wildman–Crippen LogP) is 2.79. The van der Waals surface area contributed by atoms with Crippen molar-refractivity contribution < 1.29 is 4.79 Å². The van der Waals surface area contributed by atoms with Gasteiger partial charge in [-0.2, -0.15) is 0 Å². The van der Waals surface area contributed by atoms with Gasteiger partial charge in [-0.3, -0.25) is 4.79 Å². The van der Waals surface area contributed by atoms with Crippen molar-refractivity contribution in [2.75, 3.05) is 0 Å². The molecule has 0 aliphatic heterocycles. The van der Waals surface area contributed by atoms with Crippen molar-refractivity contribution in [2.24, 2.45) is 11.3 Å². The topological polar surface area (TPSA) is 17.1 Å². The molecule has 0 amide bonds. The lowest BCUT2D eigenvalue weighted by molar-refractivity contribution is -0.123. The Morgan fingerprint density at radius 2 is 2.09 bits per heavy atom. The Labute approximate surface area is 69.2 Å². The van der Waals surface area contributed by atoms with E-state index in [4.69, 9.17) is 0 Å². The molecule has 1 heteroatoms. The maximum absolute atomic E-state index is 11.4. The van der Waals surface area contributed by atoms with E-state index in [1.807, 2.05) is 0 Å². The molecule has 1 fully saturated rings. The van der Waals surface area contributed by atoms with Crippen LogP contribution in [0.4, 0.5) is 0 Å². The minimum Gasteiger partial charge on any atom is -0.299 e. The Morgan fingerprint density at radius 1 is 1.45 bits per heavy atom. The second kappa shape index (κ2) is 2.96. The summed E-state index contributed by atoms with van der Waals surface area (Å²) >= 11 is 0. The van der Waals surface area contributed by atoms with Crippen molar-refractivity contribution in [2.45, 2.75) is 46.5 Å². The molecule has 0 spiro atoms. The van der Waals surface area contributed by atoms with Gasteiger partial charge >= 0.3 is 0 Å². The van der Waals surface area contributed by atoms with Gasteiger partial charge in [-0.25, -0.2) is 0 Å². The monoisotopic (exact) mass is 154 g/mol. The second-order valence-corrected chi connectivity index (χ2v) is 4.60. The van der Waals surface area contributed by atoms with E-state index in [-0.39, 0.29) is 5.41 Å². The Kier molecular flexibility index (Phi) is 2.36. The maximum atomic E-state index is 11.4. The van der Waals surface area contributed by atoms with Gasteiger partial charge in [-0.15, -0.1) is 0 Å². The number of carbonyl (C=O) groups is 1. The Bertz CT molecular complexity index is 158. The number of Topliss-reactive ketones (excluding diaryl/α,β-unsaturated/α-hetero) is 1. The molecule has 0 unspecified atom stereocenters. The van der Waals surface area contributed by atoms with E-state index < -0.39 is 0 Å². The van der Waals surface area contributed by atoms with Crippen LogP contribution in [-0.4, -0.2) is 5.78 Å². The molecule has 0 bridgehead atoms. The summed E-state index contributed by atoms with van der Waals surface area (Å²) in [6, 6.07) is 0. The summed E-state index contributed by atoms with van der Waals surface area (Å²) in [5, 5.41) is 0. The van der Waals surface area contributed by atoms with E-state index in [0.29, 0.717) is 11.7 Å². The molecule has 0 radical (unpaired) electrons. The van der Waals surface area contributed by atoms with Crippen LogP contribution in [-0.2, 0) is 4.79 Å². The van der Waals surface area contributed by atoms with Gasteiger partial charge in [0.25, 0.3) is 0 Å². The molecule has 1 aliphatic carbocycles. The summed E-state index contributed by atoms with van der Waals surface area (Å²) in [4.78, 5) is 11.4. The molecule has 0 aromatic carbocycles. The van der Waals surface area contributed by atoms with Crippen LogP contribution in [0.1, 0.15) is 46.5 Å². The summed E-state index contributed by atoms with van der Waals surface area (Å²) < 4.78 is 0. The molecule has 11 heavy (non-hydrogen) atoms. The van der Waals surface area contributed by atoms with Crippen molar-refractivity contribution in [1.29, 1.82) is 0 Å². The average Bonchev–Trinajstić information content (AvgIpc) is 1.93. The third kappa shape index (κ3) is 2.32. The lowest BCUT2D eigenvalue weighted by Gasteiger charge is -2.20. The number of rotatable bonds is 0. The normalized spacial score (nSPS) is 31.5. The predicted molar refractivity (Wildman–Crippen MR) is 46.4 cm³/mol. The first-order chi connectivity index (χ1) is 5.01. The number of carbonyl (C=O) groups excluding carboxylic acids is 1. The van der Waals surface area contributed by atoms with Gasteiger partial charge < -0.3 is 0 Å². The highest BCUT2D eigenvalue weighted by Crippen LogP contribution is 2.33. The zero-order chi connectivity index (χ0) is 8.48. The van der Waals surface area contributed by atoms with Gasteiger partial charge in [0.1, 0.15) is 5.78 Å². The molecule has 1 nitrogen and oxygen atoms in total. The average molecular weight is 154 g/mol. The minimum absolute atomic E-state index is 0.266. The number of hydrogen-bond acceptors (Lipinski definition) is 1. The molecular formula is C10H18O. The van der Waals surface area contributed by atoms with Crippen LogP contribution in [0.15, 0.2) is 0 Å². The van der Waals surface area contributed by atoms with Crippen molar-refractivity contribution in [3.05, 3.63) is 0 Å². The molecule has 1 rings (SSSR count). The molecule has 0 aromatic rings. The van der Waals surface area contributed by atoms with Crippen molar-refractivity contribution >= 4 is 5.78 Å². The fourth-order valence-electron chi connectivity index (χ4n) is 1.78. The van der Waals surface area contributed by atoms with Crippen LogP contribution >= 0.6 is 0 Å². The smallest absolute Gasteiger partial charge is 0.136 e. The zero-order valence-electron chi connectivity index (χ0n) is 7.81. The van der Waals surface area contributed by atoms with Gasteiger partial charge in [0.15, 0.2) is 0 Å². The zero-order valence-corrected chi connectivity index (χ0v) is 7.81. The molecule has 0 heterocycles. The largest absolute Gasteiger partial charge is 0.299 e. The van der Waals surface area contributed by atoms with Crippen LogP contribution in [0, 0.1) is 11.3 Å². The second-order valence-electron chi connectivity index (χ2n) is 4.60. The van der Waals surface area contributed by atoms with Gasteiger partial charge in [0.2, 0.25) is 0 Å². The van der Waals surface area contributed by atoms with Crippen LogP contribution in [0.25, 0.3) is 0 Å². The van der Waals surface area contributed by atoms with E-state index in [2.05, 4.69) is 20.8 Å². The summed E-state index contributed by atoms with van der Waals surface area (Å²) in [5.41, 5.74) is 0.266. The highest BCUT2D eigenvalue weighted by atomic mass is 16.1. The summed E-state index contributed by atoms with van der Waals surface area (Å²) in [6.45, 7) is 6.45. The van der Waals surface area contributed by atoms with Gasteiger partial charge in [-0.1, -0.05) is 27.2 Å².